The van der Waals surface area contributed by atoms with Gasteiger partial charge >= 0.3 is 0 Å². The van der Waals surface area contributed by atoms with Gasteiger partial charge in [0, 0.05) is 13.7 Å². The van der Waals surface area contributed by atoms with Gasteiger partial charge in [0.1, 0.15) is 4.75 Å². The van der Waals surface area contributed by atoms with E-state index in [0.29, 0.717) is 19.8 Å². The average Bonchev–Trinajstić information content (AvgIpc) is 2.67. The van der Waals surface area contributed by atoms with Crippen LogP contribution in [0.15, 0.2) is 0 Å². The van der Waals surface area contributed by atoms with E-state index in [4.69, 9.17) is 14.7 Å². The fourth-order valence-corrected chi connectivity index (χ4v) is 2.78. The van der Waals surface area contributed by atoms with Crippen LogP contribution in [0.5, 0.6) is 0 Å². The second kappa shape index (κ2) is 6.28. The Balaban J connectivity index is 2.13. The molecule has 1 heterocycles. The summed E-state index contributed by atoms with van der Waals surface area (Å²) in [5.41, 5.74) is 0. The van der Waals surface area contributed by atoms with Crippen molar-refractivity contribution in [3.63, 3.8) is 0 Å². The molecule has 1 aliphatic heterocycles. The van der Waals surface area contributed by atoms with Gasteiger partial charge in [-0.2, -0.15) is 5.26 Å². The third-order valence-electron chi connectivity index (χ3n) is 2.39. The summed E-state index contributed by atoms with van der Waals surface area (Å²) in [5.74, 6) is 1.12. The van der Waals surface area contributed by atoms with E-state index in [9.17, 15) is 0 Å². The Morgan fingerprint density at radius 1 is 1.43 bits per heavy atom. The van der Waals surface area contributed by atoms with E-state index in [1.54, 1.807) is 18.9 Å². The van der Waals surface area contributed by atoms with Crippen molar-refractivity contribution in [2.24, 2.45) is 0 Å². The molecule has 0 bridgehead atoms. The SMILES string of the molecule is COCCOCCC1(C#N)CCCS1. The molecule has 1 atom stereocenters. The highest BCUT2D eigenvalue weighted by Crippen LogP contribution is 2.40. The molecule has 0 spiro atoms. The highest BCUT2D eigenvalue weighted by Gasteiger charge is 2.34. The highest BCUT2D eigenvalue weighted by atomic mass is 32.2. The number of ether oxygens (including phenoxy) is 2. The van der Waals surface area contributed by atoms with Gasteiger partial charge < -0.3 is 9.47 Å². The van der Waals surface area contributed by atoms with Crippen LogP contribution in [0.1, 0.15) is 19.3 Å². The summed E-state index contributed by atoms with van der Waals surface area (Å²) < 4.78 is 10.1. The first-order valence-electron chi connectivity index (χ1n) is 4.95. The molecular formula is C10H17NO2S. The first-order chi connectivity index (χ1) is 6.83. The fraction of sp³-hybridized carbons (Fsp3) is 0.900. The van der Waals surface area contributed by atoms with E-state index < -0.39 is 0 Å². The van der Waals surface area contributed by atoms with Gasteiger partial charge in [-0.05, 0) is 25.0 Å². The summed E-state index contributed by atoms with van der Waals surface area (Å²) in [6.45, 7) is 1.93. The second-order valence-corrected chi connectivity index (χ2v) is 4.89. The van der Waals surface area contributed by atoms with Crippen molar-refractivity contribution in [3.05, 3.63) is 0 Å². The Morgan fingerprint density at radius 2 is 2.29 bits per heavy atom. The number of rotatable bonds is 6. The molecule has 1 aliphatic rings. The molecule has 1 rings (SSSR count). The maximum absolute atomic E-state index is 9.07. The monoisotopic (exact) mass is 215 g/mol. The number of nitriles is 1. The van der Waals surface area contributed by atoms with Crippen LogP contribution in [-0.4, -0.2) is 37.4 Å². The van der Waals surface area contributed by atoms with E-state index in [2.05, 4.69) is 6.07 Å². The van der Waals surface area contributed by atoms with Gasteiger partial charge in [-0.15, -0.1) is 11.8 Å². The third kappa shape index (κ3) is 3.49. The average molecular weight is 215 g/mol. The summed E-state index contributed by atoms with van der Waals surface area (Å²) >= 11 is 1.78. The van der Waals surface area contributed by atoms with E-state index in [1.807, 2.05) is 0 Å². The normalized spacial score (nSPS) is 26.3. The molecule has 1 fully saturated rings. The van der Waals surface area contributed by atoms with Crippen molar-refractivity contribution in [3.8, 4) is 6.07 Å². The Hall–Kier alpha value is -0.240. The lowest BCUT2D eigenvalue weighted by atomic mass is 10.0. The molecule has 0 aromatic heterocycles. The summed E-state index contributed by atoms with van der Waals surface area (Å²) in [4.78, 5) is 0. The third-order valence-corrected chi connectivity index (χ3v) is 3.93. The van der Waals surface area contributed by atoms with Crippen LogP contribution in [0.4, 0.5) is 0 Å². The summed E-state index contributed by atoms with van der Waals surface area (Å²) in [5, 5.41) is 9.07. The summed E-state index contributed by atoms with van der Waals surface area (Å²) in [6, 6.07) is 2.42. The van der Waals surface area contributed by atoms with E-state index in [0.717, 1.165) is 25.0 Å². The Morgan fingerprint density at radius 3 is 2.86 bits per heavy atom. The van der Waals surface area contributed by atoms with Crippen molar-refractivity contribution in [1.82, 2.24) is 0 Å². The van der Waals surface area contributed by atoms with E-state index in [1.165, 1.54) is 0 Å². The lowest BCUT2D eigenvalue weighted by molar-refractivity contribution is 0.0674. The predicted octanol–water partition coefficient (Wildman–Crippen LogP) is 1.83. The molecule has 0 amide bonds. The molecule has 1 unspecified atom stereocenters. The van der Waals surface area contributed by atoms with Gasteiger partial charge in [-0.25, -0.2) is 0 Å². The predicted molar refractivity (Wildman–Crippen MR) is 57.3 cm³/mol. The lowest BCUT2D eigenvalue weighted by Crippen LogP contribution is -2.21. The Labute approximate surface area is 89.8 Å². The van der Waals surface area contributed by atoms with Crippen molar-refractivity contribution < 1.29 is 9.47 Å². The molecule has 0 radical (unpaired) electrons. The minimum Gasteiger partial charge on any atom is -0.382 e. The quantitative estimate of drug-likeness (QED) is 0.634. The Bertz CT molecular complexity index is 197. The number of thioether (sulfide) groups is 1. The van der Waals surface area contributed by atoms with Crippen molar-refractivity contribution in [2.75, 3.05) is 32.7 Å². The van der Waals surface area contributed by atoms with Crippen LogP contribution in [0.2, 0.25) is 0 Å². The molecule has 14 heavy (non-hydrogen) atoms. The summed E-state index contributed by atoms with van der Waals surface area (Å²) in [7, 11) is 1.66. The molecule has 0 aromatic rings. The maximum Gasteiger partial charge on any atom is 0.105 e. The van der Waals surface area contributed by atoms with E-state index in [-0.39, 0.29) is 4.75 Å². The fourth-order valence-electron chi connectivity index (χ4n) is 1.52. The van der Waals surface area contributed by atoms with Gasteiger partial charge in [0.25, 0.3) is 0 Å². The maximum atomic E-state index is 9.07. The highest BCUT2D eigenvalue weighted by molar-refractivity contribution is 8.01. The minimum absolute atomic E-state index is 0.160. The molecular weight excluding hydrogens is 198 g/mol. The topological polar surface area (TPSA) is 42.2 Å². The molecule has 4 heteroatoms. The van der Waals surface area contributed by atoms with Crippen LogP contribution in [0.3, 0.4) is 0 Å². The number of hydrogen-bond acceptors (Lipinski definition) is 4. The van der Waals surface area contributed by atoms with Crippen LogP contribution in [0, 0.1) is 11.3 Å². The van der Waals surface area contributed by atoms with Gasteiger partial charge in [0.05, 0.1) is 19.3 Å². The molecule has 1 saturated heterocycles. The first kappa shape index (κ1) is 11.8. The van der Waals surface area contributed by atoms with Gasteiger partial charge in [0.15, 0.2) is 0 Å². The summed E-state index contributed by atoms with van der Waals surface area (Å²) in [6.07, 6.45) is 3.02. The molecule has 0 aliphatic carbocycles. The number of methoxy groups -OCH3 is 1. The zero-order valence-electron chi connectivity index (χ0n) is 8.62. The minimum atomic E-state index is -0.160. The number of hydrogen-bond donors (Lipinski definition) is 0. The Kier molecular flexibility index (Phi) is 5.31. The van der Waals surface area contributed by atoms with Gasteiger partial charge in [0.2, 0.25) is 0 Å². The van der Waals surface area contributed by atoms with Gasteiger partial charge in [-0.1, -0.05) is 0 Å². The standard InChI is InChI=1S/C10H17NO2S/c1-12-6-7-13-5-4-10(9-11)3-2-8-14-10/h2-8H2,1H3. The van der Waals surface area contributed by atoms with Crippen molar-refractivity contribution in [1.29, 1.82) is 5.26 Å². The van der Waals surface area contributed by atoms with Crippen molar-refractivity contribution >= 4 is 11.8 Å². The molecule has 3 nitrogen and oxygen atoms in total. The van der Waals surface area contributed by atoms with Crippen LogP contribution in [0.25, 0.3) is 0 Å². The smallest absolute Gasteiger partial charge is 0.105 e. The zero-order chi connectivity index (χ0) is 10.3. The van der Waals surface area contributed by atoms with Crippen LogP contribution >= 0.6 is 11.8 Å². The van der Waals surface area contributed by atoms with E-state index >= 15 is 0 Å². The van der Waals surface area contributed by atoms with Crippen LogP contribution < -0.4 is 0 Å². The van der Waals surface area contributed by atoms with Crippen molar-refractivity contribution in [2.45, 2.75) is 24.0 Å². The van der Waals surface area contributed by atoms with Crippen LogP contribution in [-0.2, 0) is 9.47 Å². The molecule has 0 saturated carbocycles. The molecule has 0 N–H and O–H groups in total. The second-order valence-electron chi connectivity index (χ2n) is 3.41. The molecule has 80 valence electrons. The molecule has 0 aromatic carbocycles. The largest absolute Gasteiger partial charge is 0.382 e. The first-order valence-corrected chi connectivity index (χ1v) is 5.93. The van der Waals surface area contributed by atoms with Gasteiger partial charge in [-0.3, -0.25) is 0 Å². The zero-order valence-corrected chi connectivity index (χ0v) is 9.44. The number of nitrogens with zero attached hydrogens (tertiary/aromatic N) is 1. The lowest BCUT2D eigenvalue weighted by Gasteiger charge is -2.18.